The van der Waals surface area contributed by atoms with Crippen molar-refractivity contribution < 1.29 is 0 Å². The molecule has 0 fully saturated rings. The lowest BCUT2D eigenvalue weighted by molar-refractivity contribution is 0.299. The maximum atomic E-state index is 5.22. The van der Waals surface area contributed by atoms with E-state index in [1.54, 1.807) is 0 Å². The Labute approximate surface area is 267 Å². The summed E-state index contributed by atoms with van der Waals surface area (Å²) >= 11 is 1.93. The molecule has 6 aromatic carbocycles. The second kappa shape index (κ2) is 9.32. The van der Waals surface area contributed by atoms with Crippen molar-refractivity contribution >= 4 is 53.2 Å². The lowest BCUT2D eigenvalue weighted by Crippen LogP contribution is -2.43. The van der Waals surface area contributed by atoms with E-state index in [0.717, 1.165) is 33.5 Å². The quantitative estimate of drug-likeness (QED) is 0.198. The van der Waals surface area contributed by atoms with Crippen molar-refractivity contribution in [2.75, 3.05) is 0 Å². The molecular formula is C42H32N2S. The first-order valence-corrected chi connectivity index (χ1v) is 16.5. The molecule has 2 aromatic heterocycles. The van der Waals surface area contributed by atoms with E-state index in [9.17, 15) is 0 Å². The Bertz CT molecular complexity index is 2480. The summed E-state index contributed by atoms with van der Waals surface area (Å²) in [4.78, 5) is 10.3. The summed E-state index contributed by atoms with van der Waals surface area (Å²) in [7, 11) is 0. The molecule has 0 bridgehead atoms. The first kappa shape index (κ1) is 26.5. The second-order valence-corrected chi connectivity index (χ2v) is 14.5. The van der Waals surface area contributed by atoms with Crippen LogP contribution in [0.2, 0.25) is 0 Å². The highest BCUT2D eigenvalue weighted by Crippen LogP contribution is 2.57. The number of nitrogens with zero attached hydrogens (tertiary/aromatic N) is 2. The zero-order valence-electron chi connectivity index (χ0n) is 25.8. The lowest BCUT2D eigenvalue weighted by atomic mass is 9.55. The third-order valence-electron chi connectivity index (χ3n) is 10.6. The first-order chi connectivity index (χ1) is 21.8. The summed E-state index contributed by atoms with van der Waals surface area (Å²) in [6.45, 7) is 9.63. The molecule has 2 nitrogen and oxygen atoms in total. The highest BCUT2D eigenvalue weighted by molar-refractivity contribution is 7.26. The molecule has 0 aliphatic heterocycles. The molecule has 0 radical (unpaired) electrons. The summed E-state index contributed by atoms with van der Waals surface area (Å²) in [6, 6.07) is 43.9. The topological polar surface area (TPSA) is 25.8 Å². The monoisotopic (exact) mass is 596 g/mol. The van der Waals surface area contributed by atoms with Gasteiger partial charge in [-0.2, -0.15) is 0 Å². The Morgan fingerprint density at radius 3 is 2.13 bits per heavy atom. The number of para-hydroxylation sites is 1. The van der Waals surface area contributed by atoms with Crippen LogP contribution in [0.1, 0.15) is 38.8 Å². The van der Waals surface area contributed by atoms with Crippen LogP contribution in [0.15, 0.2) is 121 Å². The van der Waals surface area contributed by atoms with E-state index in [-0.39, 0.29) is 10.8 Å². The van der Waals surface area contributed by atoms with E-state index in [2.05, 4.69) is 149 Å². The van der Waals surface area contributed by atoms with Gasteiger partial charge in [0, 0.05) is 42.2 Å². The van der Waals surface area contributed by atoms with Crippen molar-refractivity contribution in [2.24, 2.45) is 0 Å². The molecule has 0 atom stereocenters. The van der Waals surface area contributed by atoms with Gasteiger partial charge in [0.25, 0.3) is 0 Å². The number of aromatic nitrogens is 2. The predicted octanol–water partition coefficient (Wildman–Crippen LogP) is 11.7. The van der Waals surface area contributed by atoms with Gasteiger partial charge in [0.15, 0.2) is 5.82 Å². The lowest BCUT2D eigenvalue weighted by Gasteiger charge is -2.48. The van der Waals surface area contributed by atoms with Crippen LogP contribution in [-0.2, 0) is 10.8 Å². The Hall–Kier alpha value is -4.86. The van der Waals surface area contributed by atoms with E-state index in [1.165, 1.54) is 53.2 Å². The van der Waals surface area contributed by atoms with Crippen molar-refractivity contribution in [2.45, 2.75) is 38.5 Å². The number of fused-ring (bicyclic) bond motifs is 10. The number of hydrogen-bond donors (Lipinski definition) is 0. The van der Waals surface area contributed by atoms with Crippen molar-refractivity contribution in [3.05, 3.63) is 132 Å². The fraction of sp³-hybridized carbons (Fsp3) is 0.143. The van der Waals surface area contributed by atoms with Crippen LogP contribution in [0.5, 0.6) is 0 Å². The minimum absolute atomic E-state index is 0.0974. The zero-order chi connectivity index (χ0) is 30.5. The van der Waals surface area contributed by atoms with Crippen molar-refractivity contribution in [1.82, 2.24) is 9.97 Å². The Balaban J connectivity index is 1.31. The van der Waals surface area contributed by atoms with Crippen molar-refractivity contribution in [1.29, 1.82) is 0 Å². The molecule has 9 rings (SSSR count). The normalized spacial score (nSPS) is 15.0. The minimum Gasteiger partial charge on any atom is -0.228 e. The minimum atomic E-state index is -0.124. The SMILES string of the molecule is CC1(C)c2cc(-c3nc(-c4ccccc4)c4ccccc4n3)ccc2-c2c(ccc3c2sc2ccc4ccccc4c23)C1(C)C. The molecule has 216 valence electrons. The zero-order valence-corrected chi connectivity index (χ0v) is 26.7. The van der Waals surface area contributed by atoms with Crippen LogP contribution in [0, 0.1) is 0 Å². The van der Waals surface area contributed by atoms with E-state index >= 15 is 0 Å². The summed E-state index contributed by atoms with van der Waals surface area (Å²) < 4.78 is 2.72. The molecule has 0 unspecified atom stereocenters. The summed E-state index contributed by atoms with van der Waals surface area (Å²) in [5.41, 5.74) is 9.35. The van der Waals surface area contributed by atoms with Gasteiger partial charge >= 0.3 is 0 Å². The number of hydrogen-bond acceptors (Lipinski definition) is 3. The van der Waals surface area contributed by atoms with Crippen molar-refractivity contribution in [3.63, 3.8) is 0 Å². The van der Waals surface area contributed by atoms with Gasteiger partial charge in [-0.3, -0.25) is 0 Å². The number of thiophene rings is 1. The highest BCUT2D eigenvalue weighted by atomic mass is 32.1. The fourth-order valence-corrected chi connectivity index (χ4v) is 8.79. The van der Waals surface area contributed by atoms with E-state index in [1.807, 2.05) is 11.3 Å². The predicted molar refractivity (Wildman–Crippen MR) is 192 cm³/mol. The average molecular weight is 597 g/mol. The third kappa shape index (κ3) is 3.68. The molecule has 45 heavy (non-hydrogen) atoms. The molecule has 0 saturated heterocycles. The Morgan fingerprint density at radius 2 is 1.29 bits per heavy atom. The van der Waals surface area contributed by atoms with Crippen LogP contribution >= 0.6 is 11.3 Å². The Kier molecular flexibility index (Phi) is 5.50. The average Bonchev–Trinajstić information content (AvgIpc) is 3.46. The van der Waals surface area contributed by atoms with E-state index in [4.69, 9.17) is 9.97 Å². The van der Waals surface area contributed by atoms with Crippen molar-refractivity contribution in [3.8, 4) is 33.8 Å². The van der Waals surface area contributed by atoms with Gasteiger partial charge in [-0.1, -0.05) is 131 Å². The van der Waals surface area contributed by atoms with E-state index < -0.39 is 0 Å². The molecule has 3 heteroatoms. The molecule has 0 saturated carbocycles. The third-order valence-corrected chi connectivity index (χ3v) is 11.8. The molecule has 2 heterocycles. The molecule has 0 amide bonds. The number of rotatable bonds is 2. The summed E-state index contributed by atoms with van der Waals surface area (Å²) in [5, 5.41) is 6.41. The van der Waals surface area contributed by atoms with E-state index in [0.29, 0.717) is 0 Å². The van der Waals surface area contributed by atoms with Gasteiger partial charge in [0.05, 0.1) is 11.2 Å². The first-order valence-electron chi connectivity index (χ1n) is 15.7. The summed E-state index contributed by atoms with van der Waals surface area (Å²) in [5.74, 6) is 0.765. The smallest absolute Gasteiger partial charge is 0.160 e. The van der Waals surface area contributed by atoms with Gasteiger partial charge in [0.1, 0.15) is 0 Å². The van der Waals surface area contributed by atoms with Gasteiger partial charge in [0.2, 0.25) is 0 Å². The van der Waals surface area contributed by atoms with Gasteiger partial charge in [-0.25, -0.2) is 9.97 Å². The molecule has 1 aliphatic rings. The fourth-order valence-electron chi connectivity index (χ4n) is 7.51. The van der Waals surface area contributed by atoms with Crippen LogP contribution in [0.25, 0.3) is 75.6 Å². The second-order valence-electron chi connectivity index (χ2n) is 13.4. The van der Waals surface area contributed by atoms with Crippen LogP contribution in [0.3, 0.4) is 0 Å². The summed E-state index contributed by atoms with van der Waals surface area (Å²) in [6.07, 6.45) is 0. The van der Waals surface area contributed by atoms with Crippen LogP contribution < -0.4 is 0 Å². The Morgan fingerprint density at radius 1 is 0.556 bits per heavy atom. The molecule has 1 aliphatic carbocycles. The molecular weight excluding hydrogens is 565 g/mol. The maximum absolute atomic E-state index is 5.22. The largest absolute Gasteiger partial charge is 0.228 e. The molecule has 0 spiro atoms. The standard InChI is InChI=1S/C42H32N2S/c1-41(2)32-22-21-31-36-28-15-9-8-12-25(28)19-23-35(36)45-39(31)37(32)29-20-18-27(24-33(29)42(41,3)4)40-43-34-17-11-10-16-30(34)38(44-40)26-13-6-5-7-14-26/h5-24H,1-4H3. The maximum Gasteiger partial charge on any atom is 0.160 e. The molecule has 0 N–H and O–H groups in total. The number of benzene rings is 6. The van der Waals surface area contributed by atoms with Crippen LogP contribution in [0.4, 0.5) is 0 Å². The van der Waals surface area contributed by atoms with Gasteiger partial charge in [-0.05, 0) is 56.5 Å². The molecule has 8 aromatic rings. The highest BCUT2D eigenvalue weighted by Gasteiger charge is 2.46. The van der Waals surface area contributed by atoms with Crippen LogP contribution in [-0.4, -0.2) is 9.97 Å². The van der Waals surface area contributed by atoms with Gasteiger partial charge in [-0.15, -0.1) is 11.3 Å². The van der Waals surface area contributed by atoms with Gasteiger partial charge < -0.3 is 0 Å².